The molecule has 2 fully saturated rings. The van der Waals surface area contributed by atoms with Crippen molar-refractivity contribution in [3.63, 3.8) is 0 Å². The van der Waals surface area contributed by atoms with Gasteiger partial charge in [0.05, 0.1) is 5.92 Å². The maximum Gasteiger partial charge on any atom is 0.228 e. The summed E-state index contributed by atoms with van der Waals surface area (Å²) in [6.45, 7) is 2.95. The molecule has 24 heavy (non-hydrogen) atoms. The molecule has 1 atom stereocenters. The summed E-state index contributed by atoms with van der Waals surface area (Å²) in [6, 6.07) is 8.02. The minimum Gasteiger partial charge on any atom is -0.350 e. The molecule has 0 radical (unpaired) electrons. The first-order chi connectivity index (χ1) is 11.7. The van der Waals surface area contributed by atoms with Gasteiger partial charge in [-0.05, 0) is 42.5 Å². The van der Waals surface area contributed by atoms with E-state index >= 15 is 0 Å². The molecule has 0 unspecified atom stereocenters. The Kier molecular flexibility index (Phi) is 4.02. The summed E-state index contributed by atoms with van der Waals surface area (Å²) in [4.78, 5) is 23.3. The van der Waals surface area contributed by atoms with Crippen LogP contribution in [0.2, 0.25) is 0 Å². The lowest BCUT2D eigenvalue weighted by molar-refractivity contribution is -0.121. The fraction of sp³-hybridized carbons (Fsp3) is 0.421. The Labute approximate surface area is 142 Å². The van der Waals surface area contributed by atoms with Gasteiger partial charge in [-0.15, -0.1) is 0 Å². The molecule has 2 aliphatic heterocycles. The molecule has 2 saturated heterocycles. The Balaban J connectivity index is 1.39. The SMILES string of the molecule is O=C1NC2(CCN(Cc3cccnc3)CC2)C[C@H]1c1cccnc1. The number of carbonyl (C=O) groups is 1. The van der Waals surface area contributed by atoms with Crippen LogP contribution in [0.4, 0.5) is 0 Å². The molecule has 0 aliphatic carbocycles. The number of hydrogen-bond acceptors (Lipinski definition) is 4. The van der Waals surface area contributed by atoms with Crippen molar-refractivity contribution in [3.8, 4) is 0 Å². The van der Waals surface area contributed by atoms with E-state index in [0.717, 1.165) is 44.5 Å². The first-order valence-corrected chi connectivity index (χ1v) is 8.57. The zero-order valence-corrected chi connectivity index (χ0v) is 13.7. The lowest BCUT2D eigenvalue weighted by Gasteiger charge is -2.39. The van der Waals surface area contributed by atoms with E-state index in [1.54, 1.807) is 12.4 Å². The van der Waals surface area contributed by atoms with Crippen LogP contribution in [-0.4, -0.2) is 39.4 Å². The molecule has 2 aromatic rings. The highest BCUT2D eigenvalue weighted by Gasteiger charge is 2.46. The van der Waals surface area contributed by atoms with Crippen LogP contribution in [-0.2, 0) is 11.3 Å². The molecular weight excluding hydrogens is 300 g/mol. The van der Waals surface area contributed by atoms with Gasteiger partial charge < -0.3 is 5.32 Å². The number of piperidine rings is 1. The van der Waals surface area contributed by atoms with E-state index in [9.17, 15) is 4.79 Å². The van der Waals surface area contributed by atoms with Crippen LogP contribution in [0.5, 0.6) is 0 Å². The van der Waals surface area contributed by atoms with Crippen molar-refractivity contribution >= 4 is 5.91 Å². The highest BCUT2D eigenvalue weighted by Crippen LogP contribution is 2.39. The summed E-state index contributed by atoms with van der Waals surface area (Å²) in [6.07, 6.45) is 10.2. The van der Waals surface area contributed by atoms with Gasteiger partial charge in [-0.1, -0.05) is 12.1 Å². The van der Waals surface area contributed by atoms with E-state index in [-0.39, 0.29) is 17.4 Å². The minimum atomic E-state index is -0.0522. The number of hydrogen-bond donors (Lipinski definition) is 1. The predicted molar refractivity (Wildman–Crippen MR) is 91.2 cm³/mol. The summed E-state index contributed by atoms with van der Waals surface area (Å²) in [5.74, 6) is 0.104. The maximum atomic E-state index is 12.5. The number of likely N-dealkylation sites (tertiary alicyclic amines) is 1. The third kappa shape index (κ3) is 3.04. The first kappa shape index (κ1) is 15.3. The smallest absolute Gasteiger partial charge is 0.228 e. The Hall–Kier alpha value is -2.27. The molecule has 2 aromatic heterocycles. The molecule has 0 bridgehead atoms. The van der Waals surface area contributed by atoms with Gasteiger partial charge in [0.2, 0.25) is 5.91 Å². The quantitative estimate of drug-likeness (QED) is 0.940. The summed E-state index contributed by atoms with van der Waals surface area (Å²) in [5.41, 5.74) is 2.24. The lowest BCUT2D eigenvalue weighted by atomic mass is 9.82. The molecule has 4 heterocycles. The average Bonchev–Trinajstić information content (AvgIpc) is 2.95. The minimum absolute atomic E-state index is 0.0387. The van der Waals surface area contributed by atoms with Gasteiger partial charge >= 0.3 is 0 Å². The molecule has 5 heteroatoms. The highest BCUT2D eigenvalue weighted by molar-refractivity contribution is 5.87. The Morgan fingerprint density at radius 2 is 1.88 bits per heavy atom. The van der Waals surface area contributed by atoms with E-state index in [1.165, 1.54) is 5.56 Å². The van der Waals surface area contributed by atoms with Crippen LogP contribution in [0.3, 0.4) is 0 Å². The van der Waals surface area contributed by atoms with Crippen molar-refractivity contribution in [2.24, 2.45) is 0 Å². The van der Waals surface area contributed by atoms with Crippen molar-refractivity contribution in [1.29, 1.82) is 0 Å². The second-order valence-corrected chi connectivity index (χ2v) is 6.95. The van der Waals surface area contributed by atoms with Gasteiger partial charge in [-0.3, -0.25) is 19.7 Å². The highest BCUT2D eigenvalue weighted by atomic mass is 16.2. The summed E-state index contributed by atoms with van der Waals surface area (Å²) < 4.78 is 0. The number of nitrogens with zero attached hydrogens (tertiary/aromatic N) is 3. The molecule has 1 N–H and O–H groups in total. The fourth-order valence-corrected chi connectivity index (χ4v) is 3.95. The van der Waals surface area contributed by atoms with E-state index in [2.05, 4.69) is 26.3 Å². The molecule has 1 spiro atoms. The Bertz CT molecular complexity index is 696. The summed E-state index contributed by atoms with van der Waals surface area (Å²) >= 11 is 0. The second kappa shape index (κ2) is 6.32. The number of amides is 1. The maximum absolute atomic E-state index is 12.5. The standard InChI is InChI=1S/C19H22N4O/c24-18-17(16-4-2-8-21-13-16)11-19(22-18)5-9-23(10-6-19)14-15-3-1-7-20-12-15/h1-4,7-8,12-13,17H,5-6,9-11,14H2,(H,22,24)/t17-/m0/s1. The number of pyridine rings is 2. The van der Waals surface area contributed by atoms with Gasteiger partial charge in [0.1, 0.15) is 0 Å². The third-order valence-corrected chi connectivity index (χ3v) is 5.33. The lowest BCUT2D eigenvalue weighted by Crippen LogP contribution is -2.50. The molecule has 0 aromatic carbocycles. The van der Waals surface area contributed by atoms with E-state index in [1.807, 2.05) is 30.6 Å². The fourth-order valence-electron chi connectivity index (χ4n) is 3.95. The van der Waals surface area contributed by atoms with Crippen LogP contribution >= 0.6 is 0 Å². The number of nitrogens with one attached hydrogen (secondary N) is 1. The first-order valence-electron chi connectivity index (χ1n) is 8.57. The summed E-state index contributed by atoms with van der Waals surface area (Å²) in [7, 11) is 0. The molecule has 4 rings (SSSR count). The van der Waals surface area contributed by atoms with Gasteiger partial charge in [0.15, 0.2) is 0 Å². The van der Waals surface area contributed by atoms with Crippen molar-refractivity contribution in [3.05, 3.63) is 60.2 Å². The molecule has 0 saturated carbocycles. The van der Waals surface area contributed by atoms with Crippen molar-refractivity contribution in [2.75, 3.05) is 13.1 Å². The van der Waals surface area contributed by atoms with Crippen LogP contribution in [0, 0.1) is 0 Å². The molecule has 2 aliphatic rings. The van der Waals surface area contributed by atoms with E-state index < -0.39 is 0 Å². The van der Waals surface area contributed by atoms with E-state index in [4.69, 9.17) is 0 Å². The summed E-state index contributed by atoms with van der Waals surface area (Å²) in [5, 5.41) is 3.30. The Morgan fingerprint density at radius 1 is 1.12 bits per heavy atom. The predicted octanol–water partition coefficient (Wildman–Crippen LogP) is 2.11. The molecule has 5 nitrogen and oxygen atoms in total. The zero-order chi connectivity index (χ0) is 16.4. The number of carbonyl (C=O) groups excluding carboxylic acids is 1. The van der Waals surface area contributed by atoms with Crippen LogP contribution < -0.4 is 5.32 Å². The topological polar surface area (TPSA) is 58.1 Å². The van der Waals surface area contributed by atoms with Crippen molar-refractivity contribution in [1.82, 2.24) is 20.2 Å². The average molecular weight is 322 g/mol. The van der Waals surface area contributed by atoms with Gasteiger partial charge in [0, 0.05) is 50.0 Å². The Morgan fingerprint density at radius 3 is 2.54 bits per heavy atom. The van der Waals surface area contributed by atoms with Gasteiger partial charge in [-0.2, -0.15) is 0 Å². The molecular formula is C19H22N4O. The molecule has 124 valence electrons. The number of rotatable bonds is 3. The monoisotopic (exact) mass is 322 g/mol. The van der Waals surface area contributed by atoms with Crippen molar-refractivity contribution < 1.29 is 4.79 Å². The normalized spacial score (nSPS) is 23.3. The second-order valence-electron chi connectivity index (χ2n) is 6.95. The largest absolute Gasteiger partial charge is 0.350 e. The van der Waals surface area contributed by atoms with E-state index in [0.29, 0.717) is 0 Å². The van der Waals surface area contributed by atoms with Gasteiger partial charge in [0.25, 0.3) is 0 Å². The van der Waals surface area contributed by atoms with Crippen LogP contribution in [0.1, 0.15) is 36.3 Å². The van der Waals surface area contributed by atoms with Crippen LogP contribution in [0.15, 0.2) is 49.1 Å². The molecule has 1 amide bonds. The van der Waals surface area contributed by atoms with Gasteiger partial charge in [-0.25, -0.2) is 0 Å². The number of aromatic nitrogens is 2. The van der Waals surface area contributed by atoms with Crippen molar-refractivity contribution in [2.45, 2.75) is 37.3 Å². The zero-order valence-electron chi connectivity index (χ0n) is 13.7. The van der Waals surface area contributed by atoms with Crippen LogP contribution in [0.25, 0.3) is 0 Å². The third-order valence-electron chi connectivity index (χ3n) is 5.33.